The molecule has 2 rings (SSSR count). The van der Waals surface area contributed by atoms with Crippen LogP contribution in [0.5, 0.6) is 5.75 Å². The maximum absolute atomic E-state index is 12.5. The van der Waals surface area contributed by atoms with E-state index in [1.807, 2.05) is 12.1 Å². The topological polar surface area (TPSA) is 35.5 Å². The molecule has 0 amide bonds. The molecule has 0 saturated heterocycles. The standard InChI is InChI=1S/C18H26O3/c1-12(2)14-10-9-13(3)11-17(14)21-18(19)15-7-5-6-8-16(15)20-4/h5-8,12-14,17H,9-11H2,1-4H3/t13-,14+,17-/m1/s1. The first-order valence-corrected chi connectivity index (χ1v) is 7.87. The predicted molar refractivity (Wildman–Crippen MR) is 83.5 cm³/mol. The first kappa shape index (κ1) is 15.9. The Balaban J connectivity index is 2.12. The lowest BCUT2D eigenvalue weighted by molar-refractivity contribution is -0.0176. The van der Waals surface area contributed by atoms with E-state index in [1.165, 1.54) is 6.42 Å². The number of ether oxygens (including phenoxy) is 2. The highest BCUT2D eigenvalue weighted by atomic mass is 16.5. The van der Waals surface area contributed by atoms with Crippen LogP contribution in [0.4, 0.5) is 0 Å². The second kappa shape index (κ2) is 6.97. The average molecular weight is 290 g/mol. The van der Waals surface area contributed by atoms with E-state index in [1.54, 1.807) is 19.2 Å². The molecule has 0 heterocycles. The molecule has 0 aliphatic heterocycles. The molecule has 0 aromatic heterocycles. The first-order chi connectivity index (χ1) is 10.0. The second-order valence-electron chi connectivity index (χ2n) is 6.47. The van der Waals surface area contributed by atoms with Crippen molar-refractivity contribution in [1.29, 1.82) is 0 Å². The van der Waals surface area contributed by atoms with Crippen molar-refractivity contribution in [2.75, 3.05) is 7.11 Å². The molecule has 1 aliphatic carbocycles. The normalized spacial score (nSPS) is 25.7. The highest BCUT2D eigenvalue weighted by molar-refractivity contribution is 5.92. The van der Waals surface area contributed by atoms with Gasteiger partial charge in [0.25, 0.3) is 0 Å². The van der Waals surface area contributed by atoms with Gasteiger partial charge in [0.15, 0.2) is 0 Å². The Morgan fingerprint density at radius 2 is 1.95 bits per heavy atom. The quantitative estimate of drug-likeness (QED) is 0.775. The molecule has 0 spiro atoms. The number of hydrogen-bond donors (Lipinski definition) is 0. The minimum absolute atomic E-state index is 0.0196. The van der Waals surface area contributed by atoms with E-state index >= 15 is 0 Å². The van der Waals surface area contributed by atoms with Crippen molar-refractivity contribution >= 4 is 5.97 Å². The van der Waals surface area contributed by atoms with Crippen LogP contribution in [0.15, 0.2) is 24.3 Å². The highest BCUT2D eigenvalue weighted by Crippen LogP contribution is 2.36. The van der Waals surface area contributed by atoms with Crippen molar-refractivity contribution in [2.24, 2.45) is 17.8 Å². The molecule has 116 valence electrons. The van der Waals surface area contributed by atoms with Crippen molar-refractivity contribution in [2.45, 2.75) is 46.1 Å². The third-order valence-electron chi connectivity index (χ3n) is 4.55. The zero-order chi connectivity index (χ0) is 15.4. The van der Waals surface area contributed by atoms with Crippen LogP contribution >= 0.6 is 0 Å². The number of hydrogen-bond acceptors (Lipinski definition) is 3. The van der Waals surface area contributed by atoms with Crippen LogP contribution in [0.1, 0.15) is 50.4 Å². The number of carbonyl (C=O) groups excluding carboxylic acids is 1. The lowest BCUT2D eigenvalue weighted by Gasteiger charge is -2.36. The molecule has 3 heteroatoms. The molecule has 1 saturated carbocycles. The van der Waals surface area contributed by atoms with Crippen LogP contribution in [-0.4, -0.2) is 19.2 Å². The first-order valence-electron chi connectivity index (χ1n) is 7.87. The Hall–Kier alpha value is -1.51. The molecule has 1 fully saturated rings. The van der Waals surface area contributed by atoms with Gasteiger partial charge >= 0.3 is 5.97 Å². The number of para-hydroxylation sites is 1. The average Bonchev–Trinajstić information content (AvgIpc) is 2.46. The van der Waals surface area contributed by atoms with Crippen LogP contribution in [0.3, 0.4) is 0 Å². The predicted octanol–water partition coefficient (Wildman–Crippen LogP) is 4.31. The molecule has 0 N–H and O–H groups in total. The third-order valence-corrected chi connectivity index (χ3v) is 4.55. The third kappa shape index (κ3) is 3.78. The van der Waals surface area contributed by atoms with Crippen LogP contribution in [0.2, 0.25) is 0 Å². The smallest absolute Gasteiger partial charge is 0.342 e. The van der Waals surface area contributed by atoms with Gasteiger partial charge in [-0.25, -0.2) is 4.79 Å². The SMILES string of the molecule is COc1ccccc1C(=O)O[C@@H]1C[C@H](C)CC[C@H]1C(C)C. The number of esters is 1. The summed E-state index contributed by atoms with van der Waals surface area (Å²) < 4.78 is 11.1. The molecule has 0 bridgehead atoms. The van der Waals surface area contributed by atoms with Gasteiger partial charge in [-0.05, 0) is 42.7 Å². The number of benzene rings is 1. The van der Waals surface area contributed by atoms with Gasteiger partial charge in [0.1, 0.15) is 17.4 Å². The monoisotopic (exact) mass is 290 g/mol. The van der Waals surface area contributed by atoms with Gasteiger partial charge in [0.2, 0.25) is 0 Å². The number of methoxy groups -OCH3 is 1. The summed E-state index contributed by atoms with van der Waals surface area (Å²) in [5.74, 6) is 1.92. The molecule has 1 aromatic rings. The fourth-order valence-corrected chi connectivity index (χ4v) is 3.26. The molecule has 21 heavy (non-hydrogen) atoms. The number of rotatable bonds is 4. The lowest BCUT2D eigenvalue weighted by atomic mass is 9.75. The van der Waals surface area contributed by atoms with Crippen LogP contribution < -0.4 is 4.74 Å². The van der Waals surface area contributed by atoms with Crippen LogP contribution in [0.25, 0.3) is 0 Å². The number of carbonyl (C=O) groups is 1. The van der Waals surface area contributed by atoms with Crippen LogP contribution in [-0.2, 0) is 4.74 Å². The van der Waals surface area contributed by atoms with E-state index in [0.29, 0.717) is 29.1 Å². The zero-order valence-corrected chi connectivity index (χ0v) is 13.5. The summed E-state index contributed by atoms with van der Waals surface area (Å²) in [4.78, 5) is 12.5. The second-order valence-corrected chi connectivity index (χ2v) is 6.47. The summed E-state index contributed by atoms with van der Waals surface area (Å²) in [7, 11) is 1.58. The van der Waals surface area contributed by atoms with Gasteiger partial charge in [-0.1, -0.05) is 39.3 Å². The summed E-state index contributed by atoms with van der Waals surface area (Å²) in [6.07, 6.45) is 3.35. The highest BCUT2D eigenvalue weighted by Gasteiger charge is 2.33. The van der Waals surface area contributed by atoms with E-state index in [4.69, 9.17) is 9.47 Å². The Kier molecular flexibility index (Phi) is 5.27. The molecule has 0 radical (unpaired) electrons. The zero-order valence-electron chi connectivity index (χ0n) is 13.5. The summed E-state index contributed by atoms with van der Waals surface area (Å²) >= 11 is 0. The molecular weight excluding hydrogens is 264 g/mol. The Labute approximate surface area is 127 Å². The Bertz CT molecular complexity index is 481. The lowest BCUT2D eigenvalue weighted by Crippen LogP contribution is -2.35. The Morgan fingerprint density at radius 3 is 2.62 bits per heavy atom. The molecule has 1 aliphatic rings. The van der Waals surface area contributed by atoms with Crippen molar-refractivity contribution in [3.63, 3.8) is 0 Å². The summed E-state index contributed by atoms with van der Waals surface area (Å²) in [5, 5.41) is 0. The van der Waals surface area contributed by atoms with E-state index < -0.39 is 0 Å². The van der Waals surface area contributed by atoms with Gasteiger partial charge in [-0.2, -0.15) is 0 Å². The van der Waals surface area contributed by atoms with Gasteiger partial charge in [-0.15, -0.1) is 0 Å². The molecule has 3 atom stereocenters. The van der Waals surface area contributed by atoms with E-state index in [-0.39, 0.29) is 12.1 Å². The van der Waals surface area contributed by atoms with Crippen molar-refractivity contribution < 1.29 is 14.3 Å². The van der Waals surface area contributed by atoms with Gasteiger partial charge in [-0.3, -0.25) is 0 Å². The maximum atomic E-state index is 12.5. The fourth-order valence-electron chi connectivity index (χ4n) is 3.26. The van der Waals surface area contributed by atoms with E-state index in [9.17, 15) is 4.79 Å². The van der Waals surface area contributed by atoms with Crippen molar-refractivity contribution in [1.82, 2.24) is 0 Å². The molecule has 3 nitrogen and oxygen atoms in total. The largest absolute Gasteiger partial charge is 0.496 e. The van der Waals surface area contributed by atoms with Crippen LogP contribution in [0, 0.1) is 17.8 Å². The Morgan fingerprint density at radius 1 is 1.24 bits per heavy atom. The van der Waals surface area contributed by atoms with E-state index in [2.05, 4.69) is 20.8 Å². The summed E-state index contributed by atoms with van der Waals surface area (Å²) in [5.41, 5.74) is 0.515. The van der Waals surface area contributed by atoms with E-state index in [0.717, 1.165) is 12.8 Å². The van der Waals surface area contributed by atoms with Gasteiger partial charge in [0, 0.05) is 0 Å². The van der Waals surface area contributed by atoms with Gasteiger partial charge in [0.05, 0.1) is 7.11 Å². The minimum atomic E-state index is -0.266. The molecular formula is C18H26O3. The minimum Gasteiger partial charge on any atom is -0.496 e. The fraction of sp³-hybridized carbons (Fsp3) is 0.611. The summed E-state index contributed by atoms with van der Waals surface area (Å²) in [6.45, 7) is 6.66. The van der Waals surface area contributed by atoms with Crippen molar-refractivity contribution in [3.05, 3.63) is 29.8 Å². The van der Waals surface area contributed by atoms with Gasteiger partial charge < -0.3 is 9.47 Å². The maximum Gasteiger partial charge on any atom is 0.342 e. The van der Waals surface area contributed by atoms with Crippen molar-refractivity contribution in [3.8, 4) is 5.75 Å². The summed E-state index contributed by atoms with van der Waals surface area (Å²) in [6, 6.07) is 7.25. The molecule has 0 unspecified atom stereocenters. The molecule has 1 aromatic carbocycles.